The number of carbonyl (C=O) groups excluding carboxylic acids is 1. The molecule has 0 heterocycles. The lowest BCUT2D eigenvalue weighted by molar-refractivity contribution is -0.139. The van der Waals surface area contributed by atoms with Crippen molar-refractivity contribution >= 4 is 38.9 Å². The first-order chi connectivity index (χ1) is 9.76. The molecule has 0 fully saturated rings. The molecule has 0 spiro atoms. The Labute approximate surface area is 128 Å². The summed E-state index contributed by atoms with van der Waals surface area (Å²) in [4.78, 5) is 11.5. The fourth-order valence-corrected chi connectivity index (χ4v) is 2.39. The maximum Gasteiger partial charge on any atom is 0.325 e. The molecule has 7 nitrogen and oxygen atoms in total. The standard InChI is InChI=1S/C12H16N2O5S2/c1-8(12(15)18-2)21(16,17)14-9-4-3-5-10(6-9)19-7-11(13)20/h3-6,8,14H,7H2,1-2H3,(H2,13,20). The van der Waals surface area contributed by atoms with E-state index < -0.39 is 21.2 Å². The van der Waals surface area contributed by atoms with Gasteiger partial charge in [-0.25, -0.2) is 8.42 Å². The van der Waals surface area contributed by atoms with Gasteiger partial charge in [-0.2, -0.15) is 0 Å². The number of ether oxygens (including phenoxy) is 2. The van der Waals surface area contributed by atoms with Crippen LogP contribution in [0.5, 0.6) is 5.75 Å². The molecule has 0 saturated heterocycles. The molecule has 0 amide bonds. The van der Waals surface area contributed by atoms with Crippen molar-refractivity contribution in [2.75, 3.05) is 18.4 Å². The second kappa shape index (κ2) is 7.23. The van der Waals surface area contributed by atoms with E-state index in [1.54, 1.807) is 12.1 Å². The molecule has 1 atom stereocenters. The monoisotopic (exact) mass is 332 g/mol. The summed E-state index contributed by atoms with van der Waals surface area (Å²) in [5, 5.41) is -1.33. The number of nitrogens with two attached hydrogens (primary N) is 1. The number of thiocarbonyl (C=S) groups is 1. The van der Waals surface area contributed by atoms with Crippen LogP contribution < -0.4 is 15.2 Å². The van der Waals surface area contributed by atoms with Crippen LogP contribution in [-0.4, -0.2) is 38.3 Å². The van der Waals surface area contributed by atoms with E-state index in [4.69, 9.17) is 10.5 Å². The normalized spacial score (nSPS) is 12.3. The van der Waals surface area contributed by atoms with Crippen LogP contribution >= 0.6 is 12.2 Å². The van der Waals surface area contributed by atoms with E-state index in [0.717, 1.165) is 7.11 Å². The van der Waals surface area contributed by atoms with Gasteiger partial charge in [-0.15, -0.1) is 0 Å². The molecule has 0 aliphatic rings. The summed E-state index contributed by atoms with van der Waals surface area (Å²) in [6, 6.07) is 6.20. The van der Waals surface area contributed by atoms with Gasteiger partial charge in [0.15, 0.2) is 5.25 Å². The number of methoxy groups -OCH3 is 1. The van der Waals surface area contributed by atoms with Crippen molar-refractivity contribution in [1.82, 2.24) is 0 Å². The summed E-state index contributed by atoms with van der Waals surface area (Å²) in [5.74, 6) is -0.447. The molecule has 1 unspecified atom stereocenters. The number of hydrogen-bond donors (Lipinski definition) is 2. The second-order valence-electron chi connectivity index (χ2n) is 4.10. The minimum absolute atomic E-state index is 0.0457. The fraction of sp³-hybridized carbons (Fsp3) is 0.333. The predicted octanol–water partition coefficient (Wildman–Crippen LogP) is 0.655. The lowest BCUT2D eigenvalue weighted by Gasteiger charge is -2.13. The van der Waals surface area contributed by atoms with Crippen molar-refractivity contribution in [3.8, 4) is 5.75 Å². The second-order valence-corrected chi connectivity index (χ2v) is 6.62. The predicted molar refractivity (Wildman–Crippen MR) is 82.7 cm³/mol. The highest BCUT2D eigenvalue weighted by Gasteiger charge is 2.28. The fourth-order valence-electron chi connectivity index (χ4n) is 1.35. The molecule has 3 N–H and O–H groups in total. The molecular weight excluding hydrogens is 316 g/mol. The molecule has 1 aromatic rings. The van der Waals surface area contributed by atoms with Crippen molar-refractivity contribution in [3.05, 3.63) is 24.3 Å². The molecule has 21 heavy (non-hydrogen) atoms. The molecule has 1 rings (SSSR count). The van der Waals surface area contributed by atoms with Crippen LogP contribution in [-0.2, 0) is 19.6 Å². The van der Waals surface area contributed by atoms with Gasteiger partial charge in [0.25, 0.3) is 0 Å². The number of esters is 1. The maximum atomic E-state index is 12.0. The molecule has 9 heteroatoms. The number of carbonyl (C=O) groups is 1. The van der Waals surface area contributed by atoms with Crippen molar-refractivity contribution in [2.45, 2.75) is 12.2 Å². The molecular formula is C12H16N2O5S2. The number of nitrogens with one attached hydrogen (secondary N) is 1. The minimum Gasteiger partial charge on any atom is -0.486 e. The smallest absolute Gasteiger partial charge is 0.325 e. The van der Waals surface area contributed by atoms with E-state index in [9.17, 15) is 13.2 Å². The molecule has 0 radical (unpaired) electrons. The molecule has 1 aromatic carbocycles. The van der Waals surface area contributed by atoms with Crippen LogP contribution in [0.2, 0.25) is 0 Å². The Morgan fingerprint density at radius 3 is 2.71 bits per heavy atom. The Morgan fingerprint density at radius 1 is 1.48 bits per heavy atom. The number of benzene rings is 1. The first-order valence-corrected chi connectivity index (χ1v) is 7.82. The third-order valence-corrected chi connectivity index (χ3v) is 4.24. The Kier molecular flexibility index (Phi) is 5.91. The summed E-state index contributed by atoms with van der Waals surface area (Å²) < 4.78 is 35.9. The van der Waals surface area contributed by atoms with Crippen LogP contribution in [0, 0.1) is 0 Å². The molecule has 0 aromatic heterocycles. The van der Waals surface area contributed by atoms with Crippen LogP contribution in [0.3, 0.4) is 0 Å². The summed E-state index contributed by atoms with van der Waals surface area (Å²) in [5.41, 5.74) is 5.57. The minimum atomic E-state index is -3.90. The molecule has 116 valence electrons. The van der Waals surface area contributed by atoms with Gasteiger partial charge < -0.3 is 15.2 Å². The zero-order chi connectivity index (χ0) is 16.0. The summed E-state index contributed by atoms with van der Waals surface area (Å²) in [6.45, 7) is 1.28. The number of rotatable bonds is 7. The highest BCUT2D eigenvalue weighted by Crippen LogP contribution is 2.19. The Bertz CT molecular complexity index is 630. The van der Waals surface area contributed by atoms with Gasteiger partial charge >= 0.3 is 5.97 Å². The Morgan fingerprint density at radius 2 is 2.14 bits per heavy atom. The lowest BCUT2D eigenvalue weighted by atomic mass is 10.3. The van der Waals surface area contributed by atoms with E-state index in [0.29, 0.717) is 5.75 Å². The summed E-state index contributed by atoms with van der Waals surface area (Å²) >= 11 is 4.68. The van der Waals surface area contributed by atoms with Gasteiger partial charge in [0, 0.05) is 6.07 Å². The largest absolute Gasteiger partial charge is 0.486 e. The van der Waals surface area contributed by atoms with Gasteiger partial charge in [0.2, 0.25) is 10.0 Å². The van der Waals surface area contributed by atoms with Crippen LogP contribution in [0.15, 0.2) is 24.3 Å². The van der Waals surface area contributed by atoms with E-state index in [2.05, 4.69) is 21.7 Å². The summed E-state index contributed by atoms with van der Waals surface area (Å²) in [6.07, 6.45) is 0. The van der Waals surface area contributed by atoms with E-state index in [1.165, 1.54) is 19.1 Å². The average molecular weight is 332 g/mol. The molecule has 0 bridgehead atoms. The first kappa shape index (κ1) is 17.2. The van der Waals surface area contributed by atoms with Gasteiger partial charge in [0.1, 0.15) is 17.3 Å². The van der Waals surface area contributed by atoms with Gasteiger partial charge in [-0.05, 0) is 19.1 Å². The van der Waals surface area contributed by atoms with Gasteiger partial charge in [-0.3, -0.25) is 9.52 Å². The van der Waals surface area contributed by atoms with Crippen molar-refractivity contribution in [3.63, 3.8) is 0 Å². The van der Waals surface area contributed by atoms with Crippen LogP contribution in [0.1, 0.15) is 6.92 Å². The third-order valence-electron chi connectivity index (χ3n) is 2.47. The highest BCUT2D eigenvalue weighted by molar-refractivity contribution is 7.94. The SMILES string of the molecule is COC(=O)C(C)S(=O)(=O)Nc1cccc(OCC(N)=S)c1. The van der Waals surface area contributed by atoms with E-state index >= 15 is 0 Å². The Hall–Kier alpha value is -1.87. The maximum absolute atomic E-state index is 12.0. The first-order valence-electron chi connectivity index (χ1n) is 5.87. The zero-order valence-electron chi connectivity index (χ0n) is 11.5. The van der Waals surface area contributed by atoms with Gasteiger partial charge in [-0.1, -0.05) is 18.3 Å². The third kappa shape index (κ3) is 5.20. The van der Waals surface area contributed by atoms with Crippen molar-refractivity contribution < 1.29 is 22.7 Å². The van der Waals surface area contributed by atoms with Crippen LogP contribution in [0.4, 0.5) is 5.69 Å². The summed E-state index contributed by atoms with van der Waals surface area (Å²) in [7, 11) is -2.78. The average Bonchev–Trinajstić information content (AvgIpc) is 2.43. The van der Waals surface area contributed by atoms with E-state index in [-0.39, 0.29) is 17.3 Å². The highest BCUT2D eigenvalue weighted by atomic mass is 32.2. The number of anilines is 1. The molecule has 0 saturated carbocycles. The number of hydrogen-bond acceptors (Lipinski definition) is 6. The molecule has 0 aliphatic carbocycles. The van der Waals surface area contributed by atoms with Gasteiger partial charge in [0.05, 0.1) is 12.8 Å². The quantitative estimate of drug-likeness (QED) is 0.557. The Balaban J connectivity index is 2.85. The topological polar surface area (TPSA) is 108 Å². The van der Waals surface area contributed by atoms with Crippen molar-refractivity contribution in [1.29, 1.82) is 0 Å². The zero-order valence-corrected chi connectivity index (χ0v) is 13.2. The molecule has 0 aliphatic heterocycles. The van der Waals surface area contributed by atoms with E-state index in [1.807, 2.05) is 0 Å². The number of sulfonamides is 1. The lowest BCUT2D eigenvalue weighted by Crippen LogP contribution is -2.33. The van der Waals surface area contributed by atoms with Crippen molar-refractivity contribution in [2.24, 2.45) is 5.73 Å². The van der Waals surface area contributed by atoms with Crippen LogP contribution in [0.25, 0.3) is 0 Å².